The van der Waals surface area contributed by atoms with Crippen LogP contribution < -0.4 is 0 Å². The third-order valence-electron chi connectivity index (χ3n) is 4.06. The van der Waals surface area contributed by atoms with Crippen LogP contribution in [-0.4, -0.2) is 11.9 Å². The zero-order valence-corrected chi connectivity index (χ0v) is 16.2. The molecule has 0 fully saturated rings. The topological polar surface area (TPSA) is 21.6 Å². The van der Waals surface area contributed by atoms with Gasteiger partial charge in [-0.05, 0) is 47.0 Å². The highest BCUT2D eigenvalue weighted by Gasteiger charge is 2.33. The van der Waals surface area contributed by atoms with Gasteiger partial charge >= 0.3 is 12.4 Å². The predicted octanol–water partition coefficient (Wildman–Crippen LogP) is 7.09. The van der Waals surface area contributed by atoms with Crippen LogP contribution in [0.3, 0.4) is 0 Å². The quantitative estimate of drug-likeness (QED) is 0.424. The molecule has 10 heteroatoms. The SMILES string of the molecule is FC(F)(F)Cc1cc(C2=NOC(c3cc(Cl)cc(C(F)(F)F)c3)C2)ccc1Br. The van der Waals surface area contributed by atoms with Crippen molar-refractivity contribution in [3.05, 3.63) is 68.1 Å². The molecule has 0 aliphatic carbocycles. The molecule has 0 saturated heterocycles. The van der Waals surface area contributed by atoms with Crippen molar-refractivity contribution in [2.24, 2.45) is 5.16 Å². The minimum absolute atomic E-state index is 0.0262. The molecule has 0 radical (unpaired) electrons. The Labute approximate surface area is 169 Å². The van der Waals surface area contributed by atoms with Gasteiger partial charge < -0.3 is 4.84 Å². The molecule has 28 heavy (non-hydrogen) atoms. The minimum Gasteiger partial charge on any atom is -0.387 e. The fraction of sp³-hybridized carbons (Fsp3) is 0.278. The van der Waals surface area contributed by atoms with Crippen molar-refractivity contribution in [2.45, 2.75) is 31.3 Å². The molecule has 1 heterocycles. The average Bonchev–Trinajstić information content (AvgIpc) is 3.04. The minimum atomic E-state index is -4.57. The summed E-state index contributed by atoms with van der Waals surface area (Å²) >= 11 is 8.87. The molecule has 1 atom stereocenters. The number of halogens is 8. The summed E-state index contributed by atoms with van der Waals surface area (Å²) in [5.41, 5.74) is 0.0464. The number of rotatable bonds is 3. The second-order valence-electron chi connectivity index (χ2n) is 6.21. The zero-order chi connectivity index (χ0) is 20.7. The van der Waals surface area contributed by atoms with Gasteiger partial charge in [0.25, 0.3) is 0 Å². The van der Waals surface area contributed by atoms with Crippen molar-refractivity contribution in [3.63, 3.8) is 0 Å². The van der Waals surface area contributed by atoms with Crippen molar-refractivity contribution in [1.29, 1.82) is 0 Å². The van der Waals surface area contributed by atoms with Gasteiger partial charge in [0.05, 0.1) is 17.7 Å². The van der Waals surface area contributed by atoms with E-state index in [1.54, 1.807) is 6.07 Å². The normalized spacial score (nSPS) is 17.4. The van der Waals surface area contributed by atoms with E-state index in [1.165, 1.54) is 18.2 Å². The molecule has 150 valence electrons. The molecule has 2 nitrogen and oxygen atoms in total. The predicted molar refractivity (Wildman–Crippen MR) is 95.3 cm³/mol. The van der Waals surface area contributed by atoms with E-state index in [0.717, 1.165) is 12.1 Å². The molecule has 2 aromatic carbocycles. The van der Waals surface area contributed by atoms with E-state index in [1.807, 2.05) is 0 Å². The smallest absolute Gasteiger partial charge is 0.387 e. The van der Waals surface area contributed by atoms with Gasteiger partial charge in [-0.25, -0.2) is 0 Å². The zero-order valence-electron chi connectivity index (χ0n) is 13.8. The van der Waals surface area contributed by atoms with E-state index in [-0.39, 0.29) is 22.6 Å². The highest BCUT2D eigenvalue weighted by atomic mass is 79.9. The van der Waals surface area contributed by atoms with Crippen LogP contribution in [0.5, 0.6) is 0 Å². The molecule has 1 aliphatic rings. The Kier molecular flexibility index (Phi) is 5.69. The summed E-state index contributed by atoms with van der Waals surface area (Å²) in [4.78, 5) is 5.23. The average molecular weight is 487 g/mol. The molecule has 0 N–H and O–H groups in total. The molecule has 0 amide bonds. The summed E-state index contributed by atoms with van der Waals surface area (Å²) in [5, 5.41) is 3.75. The van der Waals surface area contributed by atoms with E-state index in [4.69, 9.17) is 16.4 Å². The largest absolute Gasteiger partial charge is 0.416 e. The Balaban J connectivity index is 1.83. The van der Waals surface area contributed by atoms with Crippen LogP contribution in [0.2, 0.25) is 5.02 Å². The van der Waals surface area contributed by atoms with Crippen LogP contribution in [0.15, 0.2) is 46.0 Å². The molecular weight excluding hydrogens is 476 g/mol. The summed E-state index contributed by atoms with van der Waals surface area (Å²) in [6, 6.07) is 7.43. The molecule has 3 rings (SSSR count). The van der Waals surface area contributed by atoms with Crippen LogP contribution in [0, 0.1) is 0 Å². The first-order chi connectivity index (χ1) is 12.9. The summed E-state index contributed by atoms with van der Waals surface area (Å²) < 4.78 is 77.3. The van der Waals surface area contributed by atoms with Gasteiger partial charge in [-0.3, -0.25) is 0 Å². The molecule has 0 aromatic heterocycles. The number of nitrogens with zero attached hydrogens (tertiary/aromatic N) is 1. The number of alkyl halides is 6. The Hall–Kier alpha value is -1.74. The summed E-state index contributed by atoms with van der Waals surface area (Å²) in [6.07, 6.45) is -10.8. The monoisotopic (exact) mass is 485 g/mol. The lowest BCUT2D eigenvalue weighted by Gasteiger charge is -2.13. The lowest BCUT2D eigenvalue weighted by atomic mass is 9.97. The highest BCUT2D eigenvalue weighted by Crippen LogP contribution is 2.37. The molecule has 2 aromatic rings. The van der Waals surface area contributed by atoms with Crippen molar-refractivity contribution in [2.75, 3.05) is 0 Å². The third-order valence-corrected chi connectivity index (χ3v) is 5.05. The van der Waals surface area contributed by atoms with E-state index in [9.17, 15) is 26.3 Å². The lowest BCUT2D eigenvalue weighted by molar-refractivity contribution is -0.137. The summed E-state index contributed by atoms with van der Waals surface area (Å²) in [5.74, 6) is 0. The van der Waals surface area contributed by atoms with Gasteiger partial charge in [0.2, 0.25) is 0 Å². The first kappa shape index (κ1) is 21.0. The highest BCUT2D eigenvalue weighted by molar-refractivity contribution is 9.10. The molecule has 0 saturated carbocycles. The Bertz CT molecular complexity index is 925. The summed E-state index contributed by atoms with van der Waals surface area (Å²) in [6.45, 7) is 0. The maximum Gasteiger partial charge on any atom is 0.416 e. The van der Waals surface area contributed by atoms with Crippen LogP contribution in [-0.2, 0) is 17.4 Å². The van der Waals surface area contributed by atoms with Crippen LogP contribution in [0.1, 0.15) is 34.8 Å². The third kappa shape index (κ3) is 5.00. The second kappa shape index (κ2) is 7.59. The maximum atomic E-state index is 13.0. The fourth-order valence-electron chi connectivity index (χ4n) is 2.79. The molecular formula is C18H11BrClF6NO. The van der Waals surface area contributed by atoms with E-state index >= 15 is 0 Å². The maximum absolute atomic E-state index is 13.0. The van der Waals surface area contributed by atoms with Crippen molar-refractivity contribution in [1.82, 2.24) is 0 Å². The van der Waals surface area contributed by atoms with E-state index in [2.05, 4.69) is 21.1 Å². The standard InChI is InChI=1S/C18H11BrClF6NO/c19-14-2-1-9(3-11(14)8-17(21,22)23)15-7-16(28-27-15)10-4-12(18(24,25)26)6-13(20)5-10/h1-6,16H,7-8H2. The van der Waals surface area contributed by atoms with Gasteiger partial charge in [0.15, 0.2) is 6.10 Å². The van der Waals surface area contributed by atoms with Gasteiger partial charge in [0.1, 0.15) is 0 Å². The number of benzene rings is 2. The second-order valence-corrected chi connectivity index (χ2v) is 7.50. The molecule has 0 spiro atoms. The molecule has 1 aliphatic heterocycles. The van der Waals surface area contributed by atoms with Gasteiger partial charge in [-0.2, -0.15) is 26.3 Å². The lowest BCUT2D eigenvalue weighted by Crippen LogP contribution is -2.13. The van der Waals surface area contributed by atoms with Crippen LogP contribution in [0.25, 0.3) is 0 Å². The van der Waals surface area contributed by atoms with Gasteiger partial charge in [-0.15, -0.1) is 0 Å². The Morgan fingerprint density at radius 3 is 2.43 bits per heavy atom. The number of hydrogen-bond donors (Lipinski definition) is 0. The van der Waals surface area contributed by atoms with E-state index < -0.39 is 30.4 Å². The first-order valence-electron chi connectivity index (χ1n) is 7.88. The Morgan fingerprint density at radius 1 is 1.07 bits per heavy atom. The number of oxime groups is 1. The summed E-state index contributed by atoms with van der Waals surface area (Å²) in [7, 11) is 0. The van der Waals surface area contributed by atoms with Crippen molar-refractivity contribution < 1.29 is 31.2 Å². The van der Waals surface area contributed by atoms with Gasteiger partial charge in [-0.1, -0.05) is 38.8 Å². The fourth-order valence-corrected chi connectivity index (χ4v) is 3.42. The molecule has 1 unspecified atom stereocenters. The Morgan fingerprint density at radius 2 is 1.79 bits per heavy atom. The molecule has 0 bridgehead atoms. The van der Waals surface area contributed by atoms with Crippen molar-refractivity contribution >= 4 is 33.2 Å². The van der Waals surface area contributed by atoms with Crippen LogP contribution in [0.4, 0.5) is 26.3 Å². The van der Waals surface area contributed by atoms with E-state index in [0.29, 0.717) is 15.7 Å². The van der Waals surface area contributed by atoms with Crippen LogP contribution >= 0.6 is 27.5 Å². The number of hydrogen-bond acceptors (Lipinski definition) is 2. The first-order valence-corrected chi connectivity index (χ1v) is 9.05. The van der Waals surface area contributed by atoms with Crippen molar-refractivity contribution in [3.8, 4) is 0 Å². The van der Waals surface area contributed by atoms with Gasteiger partial charge in [0, 0.05) is 15.9 Å².